The van der Waals surface area contributed by atoms with Crippen LogP contribution in [0.4, 0.5) is 0 Å². The minimum absolute atomic E-state index is 0.308. The van der Waals surface area contributed by atoms with Gasteiger partial charge in [0.1, 0.15) is 0 Å². The fourth-order valence-corrected chi connectivity index (χ4v) is 3.90. The Morgan fingerprint density at radius 1 is 1.29 bits per heavy atom. The van der Waals surface area contributed by atoms with E-state index in [1.54, 1.807) is 6.20 Å². The Hall–Kier alpha value is -1.40. The molecule has 3 rings (SSSR count). The van der Waals surface area contributed by atoms with E-state index < -0.39 is 0 Å². The zero-order valence-corrected chi connectivity index (χ0v) is 15.1. The predicted molar refractivity (Wildman–Crippen MR) is 94.7 cm³/mol. The van der Waals surface area contributed by atoms with Crippen molar-refractivity contribution in [3.05, 3.63) is 18.0 Å². The summed E-state index contributed by atoms with van der Waals surface area (Å²) >= 11 is 0. The van der Waals surface area contributed by atoms with Crippen molar-refractivity contribution in [2.45, 2.75) is 39.2 Å². The van der Waals surface area contributed by atoms with Gasteiger partial charge in [0.25, 0.3) is 0 Å². The Bertz CT molecular complexity index is 507. The zero-order chi connectivity index (χ0) is 16.9. The molecule has 1 aromatic rings. The Morgan fingerprint density at radius 3 is 2.75 bits per heavy atom. The minimum Gasteiger partial charge on any atom is -0.341 e. The zero-order valence-electron chi connectivity index (χ0n) is 15.1. The smallest absolute Gasteiger partial charge is 0.236 e. The number of piperidine rings is 1. The SMILES string of the molecule is CC(C)N1CCN(CC(=O)N2CCC[C@@H](Cc3ccn[nH]3)C2)CC1. The van der Waals surface area contributed by atoms with Gasteiger partial charge in [-0.15, -0.1) is 0 Å². The van der Waals surface area contributed by atoms with Gasteiger partial charge in [0, 0.05) is 57.2 Å². The maximum atomic E-state index is 12.7. The summed E-state index contributed by atoms with van der Waals surface area (Å²) < 4.78 is 0. The summed E-state index contributed by atoms with van der Waals surface area (Å²) in [6.45, 7) is 11.1. The molecule has 1 N–H and O–H groups in total. The summed E-state index contributed by atoms with van der Waals surface area (Å²) in [6.07, 6.45) is 5.12. The van der Waals surface area contributed by atoms with Gasteiger partial charge in [0.15, 0.2) is 0 Å². The van der Waals surface area contributed by atoms with Crippen LogP contribution in [0.25, 0.3) is 0 Å². The molecule has 2 fully saturated rings. The Morgan fingerprint density at radius 2 is 2.08 bits per heavy atom. The molecule has 0 saturated carbocycles. The van der Waals surface area contributed by atoms with E-state index in [9.17, 15) is 4.79 Å². The molecule has 0 unspecified atom stereocenters. The molecule has 134 valence electrons. The lowest BCUT2D eigenvalue weighted by molar-refractivity contribution is -0.134. The number of piperazine rings is 1. The number of carbonyl (C=O) groups excluding carboxylic acids is 1. The largest absolute Gasteiger partial charge is 0.341 e. The van der Waals surface area contributed by atoms with Crippen LogP contribution in [0.15, 0.2) is 12.3 Å². The average Bonchev–Trinajstić information content (AvgIpc) is 3.08. The molecule has 0 radical (unpaired) electrons. The number of amides is 1. The highest BCUT2D eigenvalue weighted by atomic mass is 16.2. The lowest BCUT2D eigenvalue weighted by Gasteiger charge is -2.38. The quantitative estimate of drug-likeness (QED) is 0.880. The van der Waals surface area contributed by atoms with Crippen molar-refractivity contribution in [1.82, 2.24) is 24.9 Å². The number of nitrogens with one attached hydrogen (secondary N) is 1. The normalized spacial score (nSPS) is 23.8. The number of aromatic amines is 1. The van der Waals surface area contributed by atoms with Crippen LogP contribution >= 0.6 is 0 Å². The highest BCUT2D eigenvalue weighted by molar-refractivity contribution is 5.78. The summed E-state index contributed by atoms with van der Waals surface area (Å²) in [5, 5.41) is 7.06. The van der Waals surface area contributed by atoms with Crippen molar-refractivity contribution in [3.8, 4) is 0 Å². The van der Waals surface area contributed by atoms with Gasteiger partial charge >= 0.3 is 0 Å². The Kier molecular flexibility index (Phi) is 5.89. The molecule has 1 amide bonds. The van der Waals surface area contributed by atoms with E-state index in [1.165, 1.54) is 12.1 Å². The molecule has 3 heterocycles. The molecular formula is C18H31N5O. The second-order valence-electron chi connectivity index (χ2n) is 7.54. The molecule has 0 spiro atoms. The number of hydrogen-bond donors (Lipinski definition) is 1. The molecule has 24 heavy (non-hydrogen) atoms. The molecule has 2 aliphatic rings. The molecule has 1 aromatic heterocycles. The first-order chi connectivity index (χ1) is 11.6. The molecule has 6 nitrogen and oxygen atoms in total. The topological polar surface area (TPSA) is 55.5 Å². The number of aromatic nitrogens is 2. The van der Waals surface area contributed by atoms with Crippen LogP contribution < -0.4 is 0 Å². The van der Waals surface area contributed by atoms with Crippen LogP contribution in [0.2, 0.25) is 0 Å². The molecule has 0 aliphatic carbocycles. The highest BCUT2D eigenvalue weighted by Gasteiger charge is 2.26. The van der Waals surface area contributed by atoms with Gasteiger partial charge in [-0.1, -0.05) is 0 Å². The summed E-state index contributed by atoms with van der Waals surface area (Å²) in [6, 6.07) is 2.64. The maximum absolute atomic E-state index is 12.7. The molecule has 2 aliphatic heterocycles. The van der Waals surface area contributed by atoms with E-state index >= 15 is 0 Å². The highest BCUT2D eigenvalue weighted by Crippen LogP contribution is 2.20. The molecule has 0 bridgehead atoms. The Labute approximate surface area is 145 Å². The van der Waals surface area contributed by atoms with Crippen LogP contribution in [-0.2, 0) is 11.2 Å². The summed E-state index contributed by atoms with van der Waals surface area (Å²) in [4.78, 5) is 19.6. The molecule has 6 heteroatoms. The number of likely N-dealkylation sites (tertiary alicyclic amines) is 1. The maximum Gasteiger partial charge on any atom is 0.236 e. The van der Waals surface area contributed by atoms with E-state index in [0.29, 0.717) is 24.4 Å². The summed E-state index contributed by atoms with van der Waals surface area (Å²) in [5.74, 6) is 0.864. The first-order valence-corrected chi connectivity index (χ1v) is 9.34. The fourth-order valence-electron chi connectivity index (χ4n) is 3.90. The summed E-state index contributed by atoms with van der Waals surface area (Å²) in [7, 11) is 0. The van der Waals surface area contributed by atoms with Gasteiger partial charge in [-0.05, 0) is 45.1 Å². The monoisotopic (exact) mass is 333 g/mol. The van der Waals surface area contributed by atoms with Gasteiger partial charge in [-0.3, -0.25) is 19.7 Å². The van der Waals surface area contributed by atoms with Gasteiger partial charge in [0.05, 0.1) is 6.54 Å². The van der Waals surface area contributed by atoms with Crippen molar-refractivity contribution in [3.63, 3.8) is 0 Å². The van der Waals surface area contributed by atoms with Gasteiger partial charge in [-0.25, -0.2) is 0 Å². The minimum atomic E-state index is 0.308. The number of H-pyrrole nitrogens is 1. The van der Waals surface area contributed by atoms with Gasteiger partial charge in [0.2, 0.25) is 5.91 Å². The van der Waals surface area contributed by atoms with Crippen LogP contribution in [0.5, 0.6) is 0 Å². The third-order valence-corrected chi connectivity index (χ3v) is 5.43. The summed E-state index contributed by atoms with van der Waals surface area (Å²) in [5.41, 5.74) is 1.18. The van der Waals surface area contributed by atoms with Crippen molar-refractivity contribution in [1.29, 1.82) is 0 Å². The van der Waals surface area contributed by atoms with Crippen molar-refractivity contribution in [2.24, 2.45) is 5.92 Å². The number of nitrogens with zero attached hydrogens (tertiary/aromatic N) is 4. The first-order valence-electron chi connectivity index (χ1n) is 9.34. The van der Waals surface area contributed by atoms with Crippen LogP contribution in [0.1, 0.15) is 32.4 Å². The van der Waals surface area contributed by atoms with Gasteiger partial charge < -0.3 is 4.90 Å². The van der Waals surface area contributed by atoms with Crippen LogP contribution in [0, 0.1) is 5.92 Å². The molecular weight excluding hydrogens is 302 g/mol. The van der Waals surface area contributed by atoms with Crippen LogP contribution in [0.3, 0.4) is 0 Å². The average molecular weight is 333 g/mol. The standard InChI is InChI=1S/C18H31N5O/c1-15(2)22-10-8-21(9-11-22)14-18(24)23-7-3-4-16(13-23)12-17-5-6-19-20-17/h5-6,15-16H,3-4,7-14H2,1-2H3,(H,19,20)/t16-/m0/s1. The molecule has 0 aromatic carbocycles. The molecule has 1 atom stereocenters. The van der Waals surface area contributed by atoms with E-state index in [-0.39, 0.29) is 0 Å². The lowest BCUT2D eigenvalue weighted by Crippen LogP contribution is -2.52. The van der Waals surface area contributed by atoms with Crippen molar-refractivity contribution < 1.29 is 4.79 Å². The van der Waals surface area contributed by atoms with E-state index in [4.69, 9.17) is 0 Å². The molecule has 2 saturated heterocycles. The first kappa shape index (κ1) is 17.4. The van der Waals surface area contributed by atoms with E-state index in [1.807, 2.05) is 6.07 Å². The third-order valence-electron chi connectivity index (χ3n) is 5.43. The number of carbonyl (C=O) groups is 1. The second kappa shape index (κ2) is 8.12. The number of hydrogen-bond acceptors (Lipinski definition) is 4. The van der Waals surface area contributed by atoms with Gasteiger partial charge in [-0.2, -0.15) is 5.10 Å². The third kappa shape index (κ3) is 4.57. The predicted octanol–water partition coefficient (Wildman–Crippen LogP) is 1.22. The fraction of sp³-hybridized carbons (Fsp3) is 0.778. The van der Waals surface area contributed by atoms with Crippen LogP contribution in [-0.4, -0.2) is 82.7 Å². The van der Waals surface area contributed by atoms with Crippen molar-refractivity contribution in [2.75, 3.05) is 45.8 Å². The second-order valence-corrected chi connectivity index (χ2v) is 7.54. The van der Waals surface area contributed by atoms with E-state index in [2.05, 4.69) is 38.7 Å². The van der Waals surface area contributed by atoms with E-state index in [0.717, 1.165) is 52.1 Å². The Balaban J connectivity index is 1.45. The van der Waals surface area contributed by atoms with Crippen molar-refractivity contribution >= 4 is 5.91 Å². The number of rotatable bonds is 5. The lowest BCUT2D eigenvalue weighted by atomic mass is 9.93.